The Labute approximate surface area is 125 Å². The molecule has 1 aliphatic carbocycles. The molecule has 3 N–H and O–H groups in total. The zero-order valence-electron chi connectivity index (χ0n) is 12.7. The summed E-state index contributed by atoms with van der Waals surface area (Å²) >= 11 is 1.69. The molecule has 0 radical (unpaired) electrons. The van der Waals surface area contributed by atoms with Crippen LogP contribution in [0.2, 0.25) is 0 Å². The van der Waals surface area contributed by atoms with Gasteiger partial charge in [0.15, 0.2) is 0 Å². The number of carbonyl (C=O) groups excluding carboxylic acids is 1. The van der Waals surface area contributed by atoms with E-state index >= 15 is 0 Å². The summed E-state index contributed by atoms with van der Waals surface area (Å²) in [5.41, 5.74) is -0.318. The summed E-state index contributed by atoms with van der Waals surface area (Å²) in [4.78, 5) is 23.1. The smallest absolute Gasteiger partial charge is 0.315 e. The summed E-state index contributed by atoms with van der Waals surface area (Å²) < 4.78 is 0. The minimum atomic E-state index is -0.732. The van der Waals surface area contributed by atoms with E-state index in [0.717, 1.165) is 12.2 Å². The largest absolute Gasteiger partial charge is 0.481 e. The van der Waals surface area contributed by atoms with E-state index in [9.17, 15) is 14.7 Å². The van der Waals surface area contributed by atoms with Crippen LogP contribution in [0.4, 0.5) is 4.79 Å². The monoisotopic (exact) mass is 302 g/mol. The van der Waals surface area contributed by atoms with Crippen LogP contribution < -0.4 is 10.6 Å². The van der Waals surface area contributed by atoms with Gasteiger partial charge >= 0.3 is 12.0 Å². The number of aliphatic carboxylic acids is 1. The van der Waals surface area contributed by atoms with Gasteiger partial charge < -0.3 is 15.7 Å². The van der Waals surface area contributed by atoms with Crippen molar-refractivity contribution in [3.05, 3.63) is 0 Å². The molecule has 0 aliphatic heterocycles. The van der Waals surface area contributed by atoms with E-state index in [2.05, 4.69) is 10.6 Å². The molecular formula is C14H26N2O3S. The van der Waals surface area contributed by atoms with E-state index in [1.807, 2.05) is 27.0 Å². The number of amides is 2. The van der Waals surface area contributed by atoms with Gasteiger partial charge in [0.1, 0.15) is 0 Å². The summed E-state index contributed by atoms with van der Waals surface area (Å²) in [6, 6.07) is -0.115. The van der Waals surface area contributed by atoms with Crippen LogP contribution in [0.5, 0.6) is 0 Å². The Hall–Kier alpha value is -0.910. The standard InChI is InChI=1S/C14H26N2O3S/c1-9-11(16-13(19)15-7-8-20-4)6-5-10(12(17)18)14(9,2)3/h9-11H,5-8H2,1-4H3,(H,17,18)(H2,15,16,19). The number of carbonyl (C=O) groups is 2. The molecule has 2 amide bonds. The summed E-state index contributed by atoms with van der Waals surface area (Å²) in [6.45, 7) is 6.64. The highest BCUT2D eigenvalue weighted by Crippen LogP contribution is 2.44. The highest BCUT2D eigenvalue weighted by Gasteiger charge is 2.46. The van der Waals surface area contributed by atoms with Crippen molar-refractivity contribution in [3.63, 3.8) is 0 Å². The van der Waals surface area contributed by atoms with Crippen LogP contribution in [-0.2, 0) is 4.79 Å². The number of hydrogen-bond donors (Lipinski definition) is 3. The molecule has 0 aromatic heterocycles. The number of carboxylic acid groups (broad SMARTS) is 1. The van der Waals surface area contributed by atoms with Gasteiger partial charge in [-0.3, -0.25) is 4.79 Å². The zero-order valence-corrected chi connectivity index (χ0v) is 13.5. The van der Waals surface area contributed by atoms with E-state index in [0.29, 0.717) is 13.0 Å². The molecule has 116 valence electrons. The lowest BCUT2D eigenvalue weighted by molar-refractivity contribution is -0.150. The fourth-order valence-electron chi connectivity index (χ4n) is 2.93. The Morgan fingerprint density at radius 2 is 2.00 bits per heavy atom. The van der Waals surface area contributed by atoms with Crippen LogP contribution in [0.25, 0.3) is 0 Å². The molecule has 1 fully saturated rings. The second-order valence-corrected chi connectivity index (χ2v) is 7.06. The fraction of sp³-hybridized carbons (Fsp3) is 0.857. The number of thioether (sulfide) groups is 1. The first kappa shape index (κ1) is 17.1. The number of nitrogens with one attached hydrogen (secondary N) is 2. The van der Waals surface area contributed by atoms with Crippen molar-refractivity contribution in [1.29, 1.82) is 0 Å². The molecule has 0 heterocycles. The van der Waals surface area contributed by atoms with Crippen LogP contribution in [0.15, 0.2) is 0 Å². The first-order valence-electron chi connectivity index (χ1n) is 7.06. The average Bonchev–Trinajstić information content (AvgIpc) is 2.35. The minimum Gasteiger partial charge on any atom is -0.481 e. The lowest BCUT2D eigenvalue weighted by atomic mass is 9.61. The third-order valence-corrected chi connectivity index (χ3v) is 5.26. The van der Waals surface area contributed by atoms with Gasteiger partial charge in [-0.05, 0) is 30.4 Å². The second kappa shape index (κ2) is 7.20. The Morgan fingerprint density at radius 1 is 1.35 bits per heavy atom. The topological polar surface area (TPSA) is 78.4 Å². The Balaban J connectivity index is 2.57. The van der Waals surface area contributed by atoms with Gasteiger partial charge in [-0.2, -0.15) is 11.8 Å². The highest BCUT2D eigenvalue weighted by molar-refractivity contribution is 7.98. The average molecular weight is 302 g/mol. The van der Waals surface area contributed by atoms with Crippen LogP contribution in [-0.4, -0.2) is 41.7 Å². The number of carboxylic acids is 1. The Morgan fingerprint density at radius 3 is 2.55 bits per heavy atom. The highest BCUT2D eigenvalue weighted by atomic mass is 32.2. The molecular weight excluding hydrogens is 276 g/mol. The molecule has 1 aliphatic rings. The number of rotatable bonds is 5. The number of urea groups is 1. The fourth-order valence-corrected chi connectivity index (χ4v) is 3.24. The Kier molecular flexibility index (Phi) is 6.17. The second-order valence-electron chi connectivity index (χ2n) is 6.08. The first-order chi connectivity index (χ1) is 9.30. The van der Waals surface area contributed by atoms with E-state index in [1.165, 1.54) is 0 Å². The zero-order chi connectivity index (χ0) is 15.3. The van der Waals surface area contributed by atoms with Gasteiger partial charge in [-0.1, -0.05) is 20.8 Å². The molecule has 0 bridgehead atoms. The van der Waals surface area contributed by atoms with Gasteiger partial charge in [0.2, 0.25) is 0 Å². The van der Waals surface area contributed by atoms with Crippen molar-refractivity contribution >= 4 is 23.8 Å². The molecule has 0 aromatic carbocycles. The van der Waals surface area contributed by atoms with Crippen molar-refractivity contribution < 1.29 is 14.7 Å². The van der Waals surface area contributed by atoms with Crippen molar-refractivity contribution in [2.45, 2.75) is 39.7 Å². The van der Waals surface area contributed by atoms with Crippen molar-refractivity contribution in [2.24, 2.45) is 17.3 Å². The SMILES string of the molecule is CSCCNC(=O)NC1CCC(C(=O)O)C(C)(C)C1C. The predicted molar refractivity (Wildman–Crippen MR) is 82.0 cm³/mol. The maximum absolute atomic E-state index is 11.8. The van der Waals surface area contributed by atoms with Crippen LogP contribution in [0.3, 0.4) is 0 Å². The summed E-state index contributed by atoms with van der Waals surface area (Å²) in [5, 5.41) is 15.1. The molecule has 5 nitrogen and oxygen atoms in total. The normalized spacial score (nSPS) is 28.7. The predicted octanol–water partition coefficient (Wildman–Crippen LogP) is 2.17. The first-order valence-corrected chi connectivity index (χ1v) is 8.46. The van der Waals surface area contributed by atoms with Gasteiger partial charge in [-0.15, -0.1) is 0 Å². The number of hydrogen-bond acceptors (Lipinski definition) is 3. The minimum absolute atomic E-state index is 0.0369. The van der Waals surface area contributed by atoms with Crippen molar-refractivity contribution in [3.8, 4) is 0 Å². The summed E-state index contributed by atoms with van der Waals surface area (Å²) in [6.07, 6.45) is 3.33. The lowest BCUT2D eigenvalue weighted by Gasteiger charge is -2.46. The van der Waals surface area contributed by atoms with E-state index < -0.39 is 5.97 Å². The summed E-state index contributed by atoms with van der Waals surface area (Å²) in [7, 11) is 0. The molecule has 0 spiro atoms. The molecule has 6 heteroatoms. The van der Waals surface area contributed by atoms with E-state index in [1.54, 1.807) is 11.8 Å². The molecule has 0 saturated heterocycles. The van der Waals surface area contributed by atoms with Gasteiger partial charge in [-0.25, -0.2) is 4.79 Å². The molecule has 20 heavy (non-hydrogen) atoms. The third kappa shape index (κ3) is 4.04. The lowest BCUT2D eigenvalue weighted by Crippen LogP contribution is -2.54. The van der Waals surface area contributed by atoms with Gasteiger partial charge in [0.05, 0.1) is 5.92 Å². The summed E-state index contributed by atoms with van der Waals surface area (Å²) in [5.74, 6) is -0.0521. The van der Waals surface area contributed by atoms with Crippen molar-refractivity contribution in [1.82, 2.24) is 10.6 Å². The van der Waals surface area contributed by atoms with Crippen LogP contribution in [0.1, 0.15) is 33.6 Å². The molecule has 1 saturated carbocycles. The van der Waals surface area contributed by atoms with E-state index in [4.69, 9.17) is 0 Å². The maximum Gasteiger partial charge on any atom is 0.315 e. The third-order valence-electron chi connectivity index (χ3n) is 4.65. The molecule has 0 aromatic rings. The maximum atomic E-state index is 11.8. The molecule has 3 atom stereocenters. The van der Waals surface area contributed by atoms with Gasteiger partial charge in [0.25, 0.3) is 0 Å². The molecule has 1 rings (SSSR count). The molecule has 3 unspecified atom stereocenters. The quantitative estimate of drug-likeness (QED) is 0.680. The Bertz CT molecular complexity index is 360. The van der Waals surface area contributed by atoms with Gasteiger partial charge in [0, 0.05) is 18.3 Å². The van der Waals surface area contributed by atoms with E-state index in [-0.39, 0.29) is 29.3 Å². The van der Waals surface area contributed by atoms with Crippen LogP contribution >= 0.6 is 11.8 Å². The van der Waals surface area contributed by atoms with Crippen LogP contribution in [0, 0.1) is 17.3 Å². The van der Waals surface area contributed by atoms with Crippen molar-refractivity contribution in [2.75, 3.05) is 18.6 Å².